The van der Waals surface area contributed by atoms with E-state index in [1.54, 1.807) is 5.57 Å². The maximum absolute atomic E-state index is 12.5. The Kier molecular flexibility index (Phi) is 3.82. The molecule has 0 spiro atoms. The largest absolute Gasteiger partial charge is 0.342 e. The van der Waals surface area contributed by atoms with Crippen molar-refractivity contribution in [3.05, 3.63) is 11.6 Å². The summed E-state index contributed by atoms with van der Waals surface area (Å²) in [5.74, 6) is 5.06. The number of rotatable bonds is 6. The van der Waals surface area contributed by atoms with Crippen molar-refractivity contribution < 1.29 is 4.79 Å². The zero-order valence-electron chi connectivity index (χ0n) is 14.3. The van der Waals surface area contributed by atoms with Gasteiger partial charge in [-0.1, -0.05) is 18.6 Å². The number of carbonyl (C=O) groups excluding carboxylic acids is 1. The van der Waals surface area contributed by atoms with E-state index in [0.29, 0.717) is 11.8 Å². The summed E-state index contributed by atoms with van der Waals surface area (Å²) in [4.78, 5) is 14.8. The zero-order valence-corrected chi connectivity index (χ0v) is 14.3. The smallest absolute Gasteiger partial charge is 0.225 e. The molecule has 4 rings (SSSR count). The van der Waals surface area contributed by atoms with Crippen LogP contribution in [0.4, 0.5) is 0 Å². The van der Waals surface area contributed by atoms with E-state index in [-0.39, 0.29) is 0 Å². The molecule has 0 N–H and O–H groups in total. The lowest BCUT2D eigenvalue weighted by molar-refractivity contribution is -0.133. The van der Waals surface area contributed by atoms with Gasteiger partial charge >= 0.3 is 0 Å². The van der Waals surface area contributed by atoms with Gasteiger partial charge < -0.3 is 4.90 Å². The Labute approximate surface area is 135 Å². The SMILES string of the molecule is CC1=CC(C)C(C2C[C@@H]2CN(CC2CC2)C(=O)C2CC2)CC1. The van der Waals surface area contributed by atoms with E-state index in [1.807, 2.05) is 0 Å². The van der Waals surface area contributed by atoms with Crippen LogP contribution < -0.4 is 0 Å². The fraction of sp³-hybridized carbons (Fsp3) is 0.850. The third kappa shape index (κ3) is 3.26. The highest BCUT2D eigenvalue weighted by atomic mass is 16.2. The lowest BCUT2D eigenvalue weighted by atomic mass is 9.78. The van der Waals surface area contributed by atoms with Gasteiger partial charge in [0.25, 0.3) is 0 Å². The first-order valence-electron chi connectivity index (χ1n) is 9.58. The molecule has 3 unspecified atom stereocenters. The van der Waals surface area contributed by atoms with Crippen LogP contribution in [-0.4, -0.2) is 23.9 Å². The Morgan fingerprint density at radius 2 is 1.91 bits per heavy atom. The topological polar surface area (TPSA) is 20.3 Å². The average molecular weight is 301 g/mol. The van der Waals surface area contributed by atoms with Gasteiger partial charge in [0.15, 0.2) is 0 Å². The fourth-order valence-electron chi connectivity index (χ4n) is 4.66. The van der Waals surface area contributed by atoms with E-state index >= 15 is 0 Å². The summed E-state index contributed by atoms with van der Waals surface area (Å²) in [6.45, 7) is 6.82. The minimum absolute atomic E-state index is 0.398. The molecule has 2 heteroatoms. The predicted molar refractivity (Wildman–Crippen MR) is 89.3 cm³/mol. The van der Waals surface area contributed by atoms with Crippen molar-refractivity contribution in [2.45, 2.75) is 58.8 Å². The van der Waals surface area contributed by atoms with Crippen molar-refractivity contribution in [3.8, 4) is 0 Å². The molecule has 0 heterocycles. The minimum atomic E-state index is 0.398. The van der Waals surface area contributed by atoms with E-state index in [2.05, 4.69) is 24.8 Å². The molecule has 2 nitrogen and oxygen atoms in total. The summed E-state index contributed by atoms with van der Waals surface area (Å²) in [5, 5.41) is 0. The molecule has 4 aliphatic rings. The maximum Gasteiger partial charge on any atom is 0.225 e. The molecule has 0 bridgehead atoms. The summed E-state index contributed by atoms with van der Waals surface area (Å²) in [5.41, 5.74) is 1.58. The van der Waals surface area contributed by atoms with Gasteiger partial charge in [0.2, 0.25) is 5.91 Å². The van der Waals surface area contributed by atoms with E-state index in [0.717, 1.165) is 55.5 Å². The van der Waals surface area contributed by atoms with Crippen molar-refractivity contribution in [2.75, 3.05) is 13.1 Å². The van der Waals surface area contributed by atoms with E-state index in [1.165, 1.54) is 32.1 Å². The molecule has 0 aromatic heterocycles. The standard InChI is InChI=1S/C20H31NO/c1-13-3-8-18(14(2)9-13)19-10-17(19)12-21(11-15-4-5-15)20(22)16-6-7-16/h9,14-19H,3-8,10-12H2,1-2H3/t14?,17-,18?,19?/m1/s1. The van der Waals surface area contributed by atoms with E-state index < -0.39 is 0 Å². The highest BCUT2D eigenvalue weighted by molar-refractivity contribution is 5.81. The minimum Gasteiger partial charge on any atom is -0.342 e. The normalized spacial score (nSPS) is 37.6. The monoisotopic (exact) mass is 301 g/mol. The number of hydrogen-bond donors (Lipinski definition) is 0. The Balaban J connectivity index is 1.33. The molecule has 4 atom stereocenters. The maximum atomic E-state index is 12.5. The second-order valence-corrected chi connectivity index (χ2v) is 8.70. The van der Waals surface area contributed by atoms with E-state index in [4.69, 9.17) is 0 Å². The van der Waals surface area contributed by atoms with Crippen LogP contribution in [0.2, 0.25) is 0 Å². The molecule has 1 amide bonds. The van der Waals surface area contributed by atoms with Crippen molar-refractivity contribution in [2.24, 2.45) is 35.5 Å². The average Bonchev–Trinajstić information content (AvgIpc) is 3.34. The van der Waals surface area contributed by atoms with Crippen molar-refractivity contribution >= 4 is 5.91 Å². The fourth-order valence-corrected chi connectivity index (χ4v) is 4.66. The molecule has 0 aromatic carbocycles. The Hall–Kier alpha value is -0.790. The third-order valence-corrected chi connectivity index (χ3v) is 6.49. The predicted octanol–water partition coefficient (Wildman–Crippen LogP) is 4.26. The van der Waals surface area contributed by atoms with Gasteiger partial charge in [0.05, 0.1) is 0 Å². The van der Waals surface area contributed by atoms with Crippen LogP contribution in [0, 0.1) is 35.5 Å². The first kappa shape index (κ1) is 14.8. The summed E-state index contributed by atoms with van der Waals surface area (Å²) in [6, 6.07) is 0. The molecular weight excluding hydrogens is 270 g/mol. The molecule has 0 saturated heterocycles. The van der Waals surface area contributed by atoms with Crippen LogP contribution in [0.15, 0.2) is 11.6 Å². The Morgan fingerprint density at radius 3 is 2.55 bits per heavy atom. The molecule has 4 aliphatic carbocycles. The molecule has 3 fully saturated rings. The van der Waals surface area contributed by atoms with Crippen molar-refractivity contribution in [3.63, 3.8) is 0 Å². The van der Waals surface area contributed by atoms with Gasteiger partial charge in [-0.25, -0.2) is 0 Å². The van der Waals surface area contributed by atoms with Gasteiger partial charge in [-0.2, -0.15) is 0 Å². The summed E-state index contributed by atoms with van der Waals surface area (Å²) >= 11 is 0. The van der Waals surface area contributed by atoms with Crippen LogP contribution in [0.25, 0.3) is 0 Å². The number of amides is 1. The molecule has 0 aromatic rings. The highest BCUT2D eigenvalue weighted by Gasteiger charge is 2.47. The molecule has 22 heavy (non-hydrogen) atoms. The van der Waals surface area contributed by atoms with Crippen LogP contribution in [-0.2, 0) is 4.79 Å². The highest BCUT2D eigenvalue weighted by Crippen LogP contribution is 2.51. The van der Waals surface area contributed by atoms with E-state index in [9.17, 15) is 4.79 Å². The number of allylic oxidation sites excluding steroid dienone is 2. The number of hydrogen-bond acceptors (Lipinski definition) is 1. The molecule has 0 radical (unpaired) electrons. The van der Waals surface area contributed by atoms with Crippen molar-refractivity contribution in [1.82, 2.24) is 4.90 Å². The van der Waals surface area contributed by atoms with Gasteiger partial charge in [-0.05, 0) is 81.5 Å². The summed E-state index contributed by atoms with van der Waals surface area (Å²) < 4.78 is 0. The van der Waals surface area contributed by atoms with Gasteiger partial charge in [-0.15, -0.1) is 0 Å². The van der Waals surface area contributed by atoms with Crippen LogP contribution >= 0.6 is 0 Å². The van der Waals surface area contributed by atoms with Gasteiger partial charge in [-0.3, -0.25) is 4.79 Å². The summed E-state index contributed by atoms with van der Waals surface area (Å²) in [6.07, 6.45) is 11.6. The Morgan fingerprint density at radius 1 is 1.14 bits per heavy atom. The second kappa shape index (κ2) is 5.69. The molecule has 0 aliphatic heterocycles. The first-order chi connectivity index (χ1) is 10.6. The lowest BCUT2D eigenvalue weighted by Gasteiger charge is -2.28. The van der Waals surface area contributed by atoms with Gasteiger partial charge in [0.1, 0.15) is 0 Å². The second-order valence-electron chi connectivity index (χ2n) is 8.70. The summed E-state index contributed by atoms with van der Waals surface area (Å²) in [7, 11) is 0. The quantitative estimate of drug-likeness (QED) is 0.671. The molecule has 3 saturated carbocycles. The number of carbonyl (C=O) groups is 1. The van der Waals surface area contributed by atoms with Crippen LogP contribution in [0.1, 0.15) is 58.8 Å². The van der Waals surface area contributed by atoms with Crippen molar-refractivity contribution in [1.29, 1.82) is 0 Å². The Bertz CT molecular complexity index is 474. The van der Waals surface area contributed by atoms with Crippen LogP contribution in [0.3, 0.4) is 0 Å². The van der Waals surface area contributed by atoms with Crippen LogP contribution in [0.5, 0.6) is 0 Å². The van der Waals surface area contributed by atoms with Gasteiger partial charge in [0, 0.05) is 19.0 Å². The molecule has 122 valence electrons. The third-order valence-electron chi connectivity index (χ3n) is 6.49. The first-order valence-corrected chi connectivity index (χ1v) is 9.58. The molecular formula is C20H31NO. The number of nitrogens with zero attached hydrogens (tertiary/aromatic N) is 1. The zero-order chi connectivity index (χ0) is 15.3. The lowest BCUT2D eigenvalue weighted by Crippen LogP contribution is -2.36.